The first-order valence-corrected chi connectivity index (χ1v) is 8.41. The van der Waals surface area contributed by atoms with E-state index < -0.39 is 0 Å². The highest BCUT2D eigenvalue weighted by Gasteiger charge is 2.30. The Kier molecular flexibility index (Phi) is 4.65. The lowest BCUT2D eigenvalue weighted by Crippen LogP contribution is -2.34. The maximum absolute atomic E-state index is 12.7. The van der Waals surface area contributed by atoms with Crippen molar-refractivity contribution in [1.29, 1.82) is 0 Å². The van der Waals surface area contributed by atoms with Gasteiger partial charge in [0, 0.05) is 12.2 Å². The van der Waals surface area contributed by atoms with Crippen LogP contribution in [0.15, 0.2) is 48.5 Å². The Bertz CT molecular complexity index is 678. The van der Waals surface area contributed by atoms with Gasteiger partial charge in [0.2, 0.25) is 0 Å². The van der Waals surface area contributed by atoms with Gasteiger partial charge in [0.1, 0.15) is 0 Å². The molecule has 1 atom stereocenters. The van der Waals surface area contributed by atoms with Gasteiger partial charge in [-0.3, -0.25) is 0 Å². The molecule has 1 N–H and O–H groups in total. The van der Waals surface area contributed by atoms with Gasteiger partial charge < -0.3 is 10.2 Å². The molecule has 0 aromatic heterocycles. The van der Waals surface area contributed by atoms with Crippen LogP contribution in [0.2, 0.25) is 0 Å². The molecule has 2 amide bonds. The fourth-order valence-corrected chi connectivity index (χ4v) is 3.28. The number of urea groups is 1. The average Bonchev–Trinajstić information content (AvgIpc) is 3.06. The van der Waals surface area contributed by atoms with Gasteiger partial charge >= 0.3 is 6.03 Å². The normalized spacial score (nSPS) is 17.3. The highest BCUT2D eigenvalue weighted by atomic mass is 16.2. The van der Waals surface area contributed by atoms with Crippen LogP contribution in [0.1, 0.15) is 42.5 Å². The van der Waals surface area contributed by atoms with E-state index in [1.807, 2.05) is 23.1 Å². The summed E-state index contributed by atoms with van der Waals surface area (Å²) in [6.07, 6.45) is 3.01. The summed E-state index contributed by atoms with van der Waals surface area (Å²) in [5.74, 6) is 0. The smallest absolute Gasteiger partial charge is 0.317 e. The van der Waals surface area contributed by atoms with Crippen LogP contribution < -0.4 is 5.32 Å². The third-order valence-electron chi connectivity index (χ3n) is 4.62. The molecule has 0 spiro atoms. The minimum atomic E-state index is 0.00831. The monoisotopic (exact) mass is 308 g/mol. The van der Waals surface area contributed by atoms with E-state index in [1.165, 1.54) is 16.7 Å². The van der Waals surface area contributed by atoms with Gasteiger partial charge in [-0.15, -0.1) is 0 Å². The van der Waals surface area contributed by atoms with E-state index in [0.717, 1.165) is 31.5 Å². The highest BCUT2D eigenvalue weighted by molar-refractivity contribution is 5.90. The average molecular weight is 308 g/mol. The van der Waals surface area contributed by atoms with Crippen molar-refractivity contribution in [2.24, 2.45) is 0 Å². The number of hydrogen-bond donors (Lipinski definition) is 1. The number of anilines is 1. The molecule has 0 aliphatic carbocycles. The number of likely N-dealkylation sites (tertiary alicyclic amines) is 1. The second-order valence-corrected chi connectivity index (χ2v) is 6.20. The molecular weight excluding hydrogens is 284 g/mol. The molecule has 1 heterocycles. The molecule has 1 fully saturated rings. The Morgan fingerprint density at radius 2 is 1.91 bits per heavy atom. The highest BCUT2D eigenvalue weighted by Crippen LogP contribution is 2.32. The lowest BCUT2D eigenvalue weighted by Gasteiger charge is -2.26. The molecule has 0 bridgehead atoms. The number of nitrogens with one attached hydrogen (secondary N) is 1. The second kappa shape index (κ2) is 6.86. The molecule has 1 aliphatic heterocycles. The second-order valence-electron chi connectivity index (χ2n) is 6.20. The van der Waals surface area contributed by atoms with Gasteiger partial charge in [-0.1, -0.05) is 55.0 Å². The van der Waals surface area contributed by atoms with Gasteiger partial charge in [-0.25, -0.2) is 4.79 Å². The Hall–Kier alpha value is -2.29. The third kappa shape index (κ3) is 3.39. The summed E-state index contributed by atoms with van der Waals surface area (Å²) < 4.78 is 0. The molecule has 23 heavy (non-hydrogen) atoms. The van der Waals surface area contributed by atoms with E-state index >= 15 is 0 Å². The molecule has 1 aliphatic rings. The van der Waals surface area contributed by atoms with Gasteiger partial charge in [0.15, 0.2) is 0 Å². The summed E-state index contributed by atoms with van der Waals surface area (Å²) in [7, 11) is 0. The largest absolute Gasteiger partial charge is 0.322 e. The van der Waals surface area contributed by atoms with E-state index in [2.05, 4.69) is 49.5 Å². The number of benzene rings is 2. The molecule has 2 aromatic carbocycles. The maximum atomic E-state index is 12.7. The Labute approximate surface area is 138 Å². The summed E-state index contributed by atoms with van der Waals surface area (Å²) in [5.41, 5.74) is 4.58. The Morgan fingerprint density at radius 1 is 1.17 bits per heavy atom. The molecule has 0 saturated carbocycles. The standard InChI is InChI=1S/C20H24N2O/c1-3-16-7-4-5-8-18(16)21-20(23)22-14-6-9-19(22)17-12-10-15(2)11-13-17/h4-5,7-8,10-13,19H,3,6,9,14H2,1-2H3,(H,21,23)/t19-/m0/s1. The summed E-state index contributed by atoms with van der Waals surface area (Å²) >= 11 is 0. The van der Waals surface area contributed by atoms with Crippen LogP contribution in [-0.2, 0) is 6.42 Å². The number of hydrogen-bond acceptors (Lipinski definition) is 1. The van der Waals surface area contributed by atoms with E-state index in [9.17, 15) is 4.79 Å². The predicted octanol–water partition coefficient (Wildman–Crippen LogP) is 4.93. The lowest BCUT2D eigenvalue weighted by atomic mass is 10.0. The zero-order chi connectivity index (χ0) is 16.2. The first kappa shape index (κ1) is 15.6. The van der Waals surface area contributed by atoms with Crippen molar-refractivity contribution < 1.29 is 4.79 Å². The van der Waals surface area contributed by atoms with Crippen LogP contribution in [0.4, 0.5) is 10.5 Å². The SMILES string of the molecule is CCc1ccccc1NC(=O)N1CCC[C@H]1c1ccc(C)cc1. The molecular formula is C20H24N2O. The van der Waals surface area contributed by atoms with Gasteiger partial charge in [-0.05, 0) is 43.4 Å². The molecule has 2 aromatic rings. The number of carbonyl (C=O) groups excluding carboxylic acids is 1. The molecule has 3 nitrogen and oxygen atoms in total. The van der Waals surface area contributed by atoms with Gasteiger partial charge in [0.25, 0.3) is 0 Å². The van der Waals surface area contributed by atoms with Crippen LogP contribution in [-0.4, -0.2) is 17.5 Å². The van der Waals surface area contributed by atoms with Crippen molar-refractivity contribution in [1.82, 2.24) is 4.90 Å². The van der Waals surface area contributed by atoms with Crippen LogP contribution in [0.25, 0.3) is 0 Å². The summed E-state index contributed by atoms with van der Waals surface area (Å²) in [4.78, 5) is 14.7. The molecule has 1 saturated heterocycles. The quantitative estimate of drug-likeness (QED) is 0.857. The topological polar surface area (TPSA) is 32.3 Å². The molecule has 0 radical (unpaired) electrons. The van der Waals surface area contributed by atoms with Gasteiger partial charge in [0.05, 0.1) is 6.04 Å². The maximum Gasteiger partial charge on any atom is 0.322 e. The third-order valence-corrected chi connectivity index (χ3v) is 4.62. The van der Waals surface area contributed by atoms with Crippen LogP contribution in [0.3, 0.4) is 0 Å². The van der Waals surface area contributed by atoms with Crippen molar-refractivity contribution in [2.75, 3.05) is 11.9 Å². The van der Waals surface area contributed by atoms with E-state index in [1.54, 1.807) is 0 Å². The summed E-state index contributed by atoms with van der Waals surface area (Å²) in [6, 6.07) is 16.8. The minimum absolute atomic E-state index is 0.00831. The van der Waals surface area contributed by atoms with Crippen molar-refractivity contribution >= 4 is 11.7 Å². The first-order chi connectivity index (χ1) is 11.2. The fraction of sp³-hybridized carbons (Fsp3) is 0.350. The Balaban J connectivity index is 1.77. The summed E-state index contributed by atoms with van der Waals surface area (Å²) in [5, 5.41) is 3.10. The van der Waals surface area contributed by atoms with Crippen molar-refractivity contribution in [3.8, 4) is 0 Å². The first-order valence-electron chi connectivity index (χ1n) is 8.41. The number of amides is 2. The predicted molar refractivity (Wildman–Crippen MR) is 94.7 cm³/mol. The number of rotatable bonds is 3. The number of para-hydroxylation sites is 1. The molecule has 3 heteroatoms. The number of nitrogens with zero attached hydrogens (tertiary/aromatic N) is 1. The zero-order valence-corrected chi connectivity index (χ0v) is 13.9. The molecule has 3 rings (SSSR count). The summed E-state index contributed by atoms with van der Waals surface area (Å²) in [6.45, 7) is 5.01. The Morgan fingerprint density at radius 3 is 2.65 bits per heavy atom. The number of aryl methyl sites for hydroxylation is 2. The van der Waals surface area contributed by atoms with Crippen LogP contribution in [0.5, 0.6) is 0 Å². The molecule has 0 unspecified atom stereocenters. The van der Waals surface area contributed by atoms with E-state index in [4.69, 9.17) is 0 Å². The van der Waals surface area contributed by atoms with Crippen molar-refractivity contribution in [3.05, 3.63) is 65.2 Å². The fourth-order valence-electron chi connectivity index (χ4n) is 3.28. The van der Waals surface area contributed by atoms with Crippen molar-refractivity contribution in [2.45, 2.75) is 39.2 Å². The van der Waals surface area contributed by atoms with Crippen molar-refractivity contribution in [3.63, 3.8) is 0 Å². The number of carbonyl (C=O) groups is 1. The van der Waals surface area contributed by atoms with E-state index in [0.29, 0.717) is 0 Å². The van der Waals surface area contributed by atoms with Gasteiger partial charge in [-0.2, -0.15) is 0 Å². The zero-order valence-electron chi connectivity index (χ0n) is 13.9. The minimum Gasteiger partial charge on any atom is -0.317 e. The van der Waals surface area contributed by atoms with Crippen LogP contribution >= 0.6 is 0 Å². The van der Waals surface area contributed by atoms with Crippen LogP contribution in [0, 0.1) is 6.92 Å². The lowest BCUT2D eigenvalue weighted by molar-refractivity contribution is 0.207. The molecule has 120 valence electrons. The van der Waals surface area contributed by atoms with E-state index in [-0.39, 0.29) is 12.1 Å².